The maximum atomic E-state index is 12.1. The number of carbonyl (C=O) groups excluding carboxylic acids is 2. The van der Waals surface area contributed by atoms with Gasteiger partial charge in [0.15, 0.2) is 10.8 Å². The van der Waals surface area contributed by atoms with Gasteiger partial charge in [0.05, 0.1) is 10.7 Å². The summed E-state index contributed by atoms with van der Waals surface area (Å²) in [7, 11) is 4.99. The van der Waals surface area contributed by atoms with Crippen LogP contribution in [-0.2, 0) is 7.05 Å². The van der Waals surface area contributed by atoms with Crippen LogP contribution in [-0.4, -0.2) is 45.6 Å². The average Bonchev–Trinajstić information content (AvgIpc) is 2.91. The topological polar surface area (TPSA) is 80.1 Å². The lowest BCUT2D eigenvalue weighted by Gasteiger charge is -2.07. The molecule has 2 aromatic heterocycles. The van der Waals surface area contributed by atoms with E-state index in [0.29, 0.717) is 15.7 Å². The second kappa shape index (κ2) is 5.82. The summed E-state index contributed by atoms with van der Waals surface area (Å²) in [4.78, 5) is 30.1. The van der Waals surface area contributed by atoms with Gasteiger partial charge in [0, 0.05) is 27.3 Å². The van der Waals surface area contributed by atoms with E-state index in [1.165, 1.54) is 15.8 Å². The predicted octanol–water partition coefficient (Wildman–Crippen LogP) is 1.79. The molecule has 2 amide bonds. The molecule has 0 fully saturated rings. The van der Waals surface area contributed by atoms with Crippen LogP contribution in [0.4, 0.5) is 5.13 Å². The second-order valence-corrected chi connectivity index (χ2v) is 5.99. The van der Waals surface area contributed by atoms with Crippen molar-refractivity contribution in [3.05, 3.63) is 27.5 Å². The summed E-state index contributed by atoms with van der Waals surface area (Å²) in [6.45, 7) is 1.72. The quantitative estimate of drug-likeness (QED) is 0.932. The van der Waals surface area contributed by atoms with E-state index in [0.717, 1.165) is 11.3 Å². The van der Waals surface area contributed by atoms with Crippen molar-refractivity contribution in [3.63, 3.8) is 0 Å². The third-order valence-corrected chi connectivity index (χ3v) is 3.95. The number of hydrogen-bond donors (Lipinski definition) is 1. The first-order valence-electron chi connectivity index (χ1n) is 5.99. The van der Waals surface area contributed by atoms with Gasteiger partial charge in [-0.3, -0.25) is 19.6 Å². The van der Waals surface area contributed by atoms with Crippen LogP contribution in [0.5, 0.6) is 0 Å². The number of halogens is 1. The standard InChI is InChI=1S/C12H14ClN5O2S/c1-6-9(11(20)17(2)3)21-12(14-6)15-10(19)8-7(13)5-18(4)16-8/h5H,1-4H3,(H,14,15,19). The van der Waals surface area contributed by atoms with Crippen molar-refractivity contribution in [2.24, 2.45) is 7.05 Å². The molecule has 7 nitrogen and oxygen atoms in total. The lowest BCUT2D eigenvalue weighted by Crippen LogP contribution is -2.21. The number of anilines is 1. The highest BCUT2D eigenvalue weighted by atomic mass is 35.5. The van der Waals surface area contributed by atoms with Crippen LogP contribution >= 0.6 is 22.9 Å². The lowest BCUT2D eigenvalue weighted by atomic mass is 10.3. The van der Waals surface area contributed by atoms with Crippen LogP contribution in [0.25, 0.3) is 0 Å². The Labute approximate surface area is 130 Å². The minimum atomic E-state index is -0.460. The smallest absolute Gasteiger partial charge is 0.279 e. The third kappa shape index (κ3) is 3.22. The highest BCUT2D eigenvalue weighted by molar-refractivity contribution is 7.17. The van der Waals surface area contributed by atoms with Gasteiger partial charge in [-0.1, -0.05) is 22.9 Å². The van der Waals surface area contributed by atoms with Crippen LogP contribution in [0.1, 0.15) is 25.9 Å². The van der Waals surface area contributed by atoms with E-state index >= 15 is 0 Å². The summed E-state index contributed by atoms with van der Waals surface area (Å²) in [6, 6.07) is 0. The number of rotatable bonds is 3. The van der Waals surface area contributed by atoms with E-state index < -0.39 is 5.91 Å². The molecule has 0 aliphatic carbocycles. The Hall–Kier alpha value is -1.93. The Bertz CT molecular complexity index is 707. The predicted molar refractivity (Wildman–Crippen MR) is 81.0 cm³/mol. The molecule has 0 spiro atoms. The number of nitrogens with one attached hydrogen (secondary N) is 1. The molecule has 2 aromatic rings. The zero-order valence-electron chi connectivity index (χ0n) is 12.0. The van der Waals surface area contributed by atoms with E-state index in [4.69, 9.17) is 11.6 Å². The fraction of sp³-hybridized carbons (Fsp3) is 0.333. The molecule has 0 aliphatic rings. The molecule has 0 aromatic carbocycles. The van der Waals surface area contributed by atoms with Gasteiger partial charge in [-0.25, -0.2) is 4.98 Å². The van der Waals surface area contributed by atoms with Crippen molar-refractivity contribution < 1.29 is 9.59 Å². The number of hydrogen-bond acceptors (Lipinski definition) is 5. The van der Waals surface area contributed by atoms with E-state index in [2.05, 4.69) is 15.4 Å². The van der Waals surface area contributed by atoms with E-state index in [9.17, 15) is 9.59 Å². The molecule has 2 rings (SSSR count). The van der Waals surface area contributed by atoms with Gasteiger partial charge in [0.1, 0.15) is 4.88 Å². The third-order valence-electron chi connectivity index (χ3n) is 2.62. The van der Waals surface area contributed by atoms with Crippen molar-refractivity contribution in [2.45, 2.75) is 6.92 Å². The Kier molecular flexibility index (Phi) is 4.29. The molecule has 0 aliphatic heterocycles. The Morgan fingerprint density at radius 3 is 2.62 bits per heavy atom. The molecule has 21 heavy (non-hydrogen) atoms. The van der Waals surface area contributed by atoms with Gasteiger partial charge in [0.2, 0.25) is 0 Å². The van der Waals surface area contributed by atoms with Gasteiger partial charge >= 0.3 is 0 Å². The maximum absolute atomic E-state index is 12.1. The molecule has 0 bridgehead atoms. The van der Waals surface area contributed by atoms with Crippen molar-refractivity contribution in [1.29, 1.82) is 0 Å². The van der Waals surface area contributed by atoms with Gasteiger partial charge < -0.3 is 4.90 Å². The summed E-state index contributed by atoms with van der Waals surface area (Å²) in [5.41, 5.74) is 0.689. The van der Waals surface area contributed by atoms with E-state index in [1.54, 1.807) is 28.1 Å². The number of nitrogens with zero attached hydrogens (tertiary/aromatic N) is 4. The van der Waals surface area contributed by atoms with Crippen LogP contribution < -0.4 is 5.32 Å². The van der Waals surface area contributed by atoms with Gasteiger partial charge in [-0.15, -0.1) is 0 Å². The van der Waals surface area contributed by atoms with Crippen LogP contribution in [0.2, 0.25) is 5.02 Å². The molecular weight excluding hydrogens is 314 g/mol. The summed E-state index contributed by atoms with van der Waals surface area (Å²) >= 11 is 7.03. The molecule has 0 unspecified atom stereocenters. The number of aryl methyl sites for hydroxylation is 2. The normalized spacial score (nSPS) is 10.5. The largest absolute Gasteiger partial charge is 0.344 e. The Morgan fingerprint density at radius 1 is 1.43 bits per heavy atom. The van der Waals surface area contributed by atoms with Crippen molar-refractivity contribution in [3.8, 4) is 0 Å². The van der Waals surface area contributed by atoms with Gasteiger partial charge in [-0.05, 0) is 6.92 Å². The summed E-state index contributed by atoms with van der Waals surface area (Å²) in [5.74, 6) is -0.612. The SMILES string of the molecule is Cc1nc(NC(=O)c2nn(C)cc2Cl)sc1C(=O)N(C)C. The monoisotopic (exact) mass is 327 g/mol. The first-order valence-corrected chi connectivity index (χ1v) is 7.18. The maximum Gasteiger partial charge on any atom is 0.279 e. The molecule has 0 atom stereocenters. The Morgan fingerprint density at radius 2 is 2.10 bits per heavy atom. The fourth-order valence-electron chi connectivity index (χ4n) is 1.62. The number of aromatic nitrogens is 3. The minimum absolute atomic E-state index is 0.118. The van der Waals surface area contributed by atoms with E-state index in [-0.39, 0.29) is 16.6 Å². The van der Waals surface area contributed by atoms with Crippen molar-refractivity contribution >= 4 is 39.9 Å². The van der Waals surface area contributed by atoms with Crippen molar-refractivity contribution in [1.82, 2.24) is 19.7 Å². The second-order valence-electron chi connectivity index (χ2n) is 4.59. The highest BCUT2D eigenvalue weighted by Gasteiger charge is 2.20. The summed E-state index contributed by atoms with van der Waals surface area (Å²) in [6.07, 6.45) is 1.53. The number of carbonyl (C=O) groups is 2. The summed E-state index contributed by atoms with van der Waals surface area (Å²) in [5, 5.41) is 7.17. The van der Waals surface area contributed by atoms with Crippen LogP contribution in [0, 0.1) is 6.92 Å². The van der Waals surface area contributed by atoms with Crippen LogP contribution in [0.15, 0.2) is 6.20 Å². The molecule has 1 N–H and O–H groups in total. The molecule has 112 valence electrons. The zero-order valence-corrected chi connectivity index (χ0v) is 13.5. The van der Waals surface area contributed by atoms with Gasteiger partial charge in [0.25, 0.3) is 11.8 Å². The van der Waals surface area contributed by atoms with Crippen molar-refractivity contribution in [2.75, 3.05) is 19.4 Å². The first kappa shape index (κ1) is 15.5. The molecule has 0 saturated heterocycles. The number of thiazole rings is 1. The van der Waals surface area contributed by atoms with Crippen LogP contribution in [0.3, 0.4) is 0 Å². The summed E-state index contributed by atoms with van der Waals surface area (Å²) < 4.78 is 1.45. The molecule has 2 heterocycles. The highest BCUT2D eigenvalue weighted by Crippen LogP contribution is 2.24. The number of amides is 2. The lowest BCUT2D eigenvalue weighted by molar-refractivity contribution is 0.0831. The molecular formula is C12H14ClN5O2S. The molecule has 9 heteroatoms. The fourth-order valence-corrected chi connectivity index (χ4v) is 2.87. The zero-order chi connectivity index (χ0) is 15.7. The minimum Gasteiger partial charge on any atom is -0.344 e. The average molecular weight is 328 g/mol. The molecule has 0 saturated carbocycles. The van der Waals surface area contributed by atoms with Gasteiger partial charge in [-0.2, -0.15) is 5.10 Å². The Balaban J connectivity index is 2.21. The molecule has 0 radical (unpaired) electrons. The van der Waals surface area contributed by atoms with E-state index in [1.807, 2.05) is 0 Å². The first-order chi connectivity index (χ1) is 9.79.